The first kappa shape index (κ1) is 21.4. The molecule has 164 valence electrons. The molecule has 1 aliphatic heterocycles. The van der Waals surface area contributed by atoms with E-state index in [1.165, 1.54) is 12.1 Å². The van der Waals surface area contributed by atoms with E-state index in [1.807, 2.05) is 0 Å². The number of tetrazole rings is 1. The zero-order valence-electron chi connectivity index (χ0n) is 16.5. The van der Waals surface area contributed by atoms with Gasteiger partial charge in [-0.05, 0) is 36.3 Å². The number of nitrogens with zero attached hydrogens (tertiary/aromatic N) is 7. The summed E-state index contributed by atoms with van der Waals surface area (Å²) < 4.78 is 42.5. The summed E-state index contributed by atoms with van der Waals surface area (Å²) in [5.74, 6) is 0.0783. The van der Waals surface area contributed by atoms with E-state index in [1.54, 1.807) is 17.2 Å². The first-order valence-corrected chi connectivity index (χ1v) is 11.7. The predicted octanol–water partition coefficient (Wildman–Crippen LogP) is 2.08. The molecule has 1 saturated heterocycles. The smallest absolute Gasteiger partial charge is 0.225 e. The van der Waals surface area contributed by atoms with Crippen molar-refractivity contribution in [3.63, 3.8) is 0 Å². The SMILES string of the molecule is CS(=O)(=O)c1ccc(OCc2nnn(C3CCN(c4ncc(Cl)cn4)CC3)n2)c(F)c1. The number of ether oxygens (including phenoxy) is 1. The molecule has 0 unspecified atom stereocenters. The third-order valence-electron chi connectivity index (χ3n) is 4.84. The number of anilines is 1. The lowest BCUT2D eigenvalue weighted by Gasteiger charge is -2.31. The van der Waals surface area contributed by atoms with E-state index in [2.05, 4.69) is 30.3 Å². The summed E-state index contributed by atoms with van der Waals surface area (Å²) in [4.78, 5) is 12.0. The second-order valence-corrected chi connectivity index (χ2v) is 9.55. The number of rotatable bonds is 6. The fourth-order valence-corrected chi connectivity index (χ4v) is 3.94. The summed E-state index contributed by atoms with van der Waals surface area (Å²) in [6.45, 7) is 1.38. The van der Waals surface area contributed by atoms with E-state index in [0.29, 0.717) is 16.8 Å². The van der Waals surface area contributed by atoms with Crippen molar-refractivity contribution < 1.29 is 17.5 Å². The molecule has 0 bridgehead atoms. The van der Waals surface area contributed by atoms with E-state index >= 15 is 0 Å². The number of hydrogen-bond acceptors (Lipinski definition) is 9. The van der Waals surface area contributed by atoms with Gasteiger partial charge in [-0.2, -0.15) is 4.80 Å². The molecule has 0 aliphatic carbocycles. The standard InChI is InChI=1S/C18H19ClFN7O3S/c1-31(28,29)14-2-3-16(15(20)8-14)30-11-17-23-25-27(24-17)13-4-6-26(7-5-13)18-21-9-12(19)10-22-18/h2-3,8-10,13H,4-7,11H2,1H3. The first-order valence-electron chi connectivity index (χ1n) is 9.43. The summed E-state index contributed by atoms with van der Waals surface area (Å²) >= 11 is 5.83. The van der Waals surface area contributed by atoms with Crippen LogP contribution in [-0.2, 0) is 16.4 Å². The van der Waals surface area contributed by atoms with Crippen LogP contribution in [0.5, 0.6) is 5.75 Å². The monoisotopic (exact) mass is 467 g/mol. The van der Waals surface area contributed by atoms with E-state index in [9.17, 15) is 12.8 Å². The molecule has 0 N–H and O–H groups in total. The van der Waals surface area contributed by atoms with Crippen molar-refractivity contribution in [2.24, 2.45) is 0 Å². The van der Waals surface area contributed by atoms with E-state index in [0.717, 1.165) is 38.3 Å². The molecule has 2 aromatic heterocycles. The van der Waals surface area contributed by atoms with Crippen LogP contribution in [0.1, 0.15) is 24.7 Å². The molecular formula is C18H19ClFN7O3S. The lowest BCUT2D eigenvalue weighted by atomic mass is 10.1. The molecule has 1 aliphatic rings. The van der Waals surface area contributed by atoms with Crippen molar-refractivity contribution >= 4 is 27.4 Å². The molecular weight excluding hydrogens is 449 g/mol. The van der Waals surface area contributed by atoms with Crippen molar-refractivity contribution in [3.8, 4) is 5.75 Å². The Morgan fingerprint density at radius 1 is 1.23 bits per heavy atom. The molecule has 0 saturated carbocycles. The molecule has 0 radical (unpaired) electrons. The summed E-state index contributed by atoms with van der Waals surface area (Å²) in [6, 6.07) is 3.55. The minimum Gasteiger partial charge on any atom is -0.482 e. The third-order valence-corrected chi connectivity index (χ3v) is 6.14. The minimum atomic E-state index is -3.49. The van der Waals surface area contributed by atoms with Crippen LogP contribution in [0.25, 0.3) is 0 Å². The molecule has 4 rings (SSSR count). The van der Waals surface area contributed by atoms with Crippen LogP contribution in [0.4, 0.5) is 10.3 Å². The van der Waals surface area contributed by atoms with Gasteiger partial charge in [-0.1, -0.05) is 11.6 Å². The van der Waals surface area contributed by atoms with Crippen molar-refractivity contribution in [3.05, 3.63) is 47.3 Å². The molecule has 13 heteroatoms. The van der Waals surface area contributed by atoms with E-state index in [-0.39, 0.29) is 23.3 Å². The Morgan fingerprint density at radius 2 is 1.94 bits per heavy atom. The highest BCUT2D eigenvalue weighted by atomic mass is 35.5. The van der Waals surface area contributed by atoms with Crippen LogP contribution in [0.15, 0.2) is 35.5 Å². The van der Waals surface area contributed by atoms with Gasteiger partial charge in [-0.25, -0.2) is 22.8 Å². The molecule has 31 heavy (non-hydrogen) atoms. The number of piperidine rings is 1. The van der Waals surface area contributed by atoms with E-state index < -0.39 is 15.7 Å². The Bertz CT molecular complexity index is 1170. The predicted molar refractivity (Wildman–Crippen MR) is 109 cm³/mol. The molecule has 0 atom stereocenters. The average molecular weight is 468 g/mol. The quantitative estimate of drug-likeness (QED) is 0.537. The maximum Gasteiger partial charge on any atom is 0.225 e. The Hall–Kier alpha value is -2.86. The van der Waals surface area contributed by atoms with Gasteiger partial charge in [-0.15, -0.1) is 10.2 Å². The van der Waals surface area contributed by atoms with Crippen molar-refractivity contribution in [1.82, 2.24) is 30.2 Å². The Labute approximate surface area is 182 Å². The Kier molecular flexibility index (Phi) is 6.01. The molecule has 3 aromatic rings. The maximum absolute atomic E-state index is 14.1. The summed E-state index contributed by atoms with van der Waals surface area (Å²) in [5.41, 5.74) is 0. The van der Waals surface area contributed by atoms with Gasteiger partial charge in [0, 0.05) is 19.3 Å². The van der Waals surface area contributed by atoms with Gasteiger partial charge in [0.25, 0.3) is 0 Å². The van der Waals surface area contributed by atoms with Gasteiger partial charge in [0.05, 0.1) is 28.4 Å². The van der Waals surface area contributed by atoms with Crippen LogP contribution in [-0.4, -0.2) is 57.9 Å². The number of benzene rings is 1. The molecule has 10 nitrogen and oxygen atoms in total. The second-order valence-electron chi connectivity index (χ2n) is 7.10. The lowest BCUT2D eigenvalue weighted by Crippen LogP contribution is -2.36. The molecule has 0 amide bonds. The number of sulfone groups is 1. The van der Waals surface area contributed by atoms with Crippen LogP contribution < -0.4 is 9.64 Å². The van der Waals surface area contributed by atoms with Crippen molar-refractivity contribution in [2.75, 3.05) is 24.2 Å². The number of hydrogen-bond donors (Lipinski definition) is 0. The largest absolute Gasteiger partial charge is 0.482 e. The zero-order chi connectivity index (χ0) is 22.0. The van der Waals surface area contributed by atoms with Gasteiger partial charge < -0.3 is 9.64 Å². The van der Waals surface area contributed by atoms with Gasteiger partial charge in [0.1, 0.15) is 0 Å². The van der Waals surface area contributed by atoms with Crippen molar-refractivity contribution in [2.45, 2.75) is 30.4 Å². The number of aromatic nitrogens is 6. The van der Waals surface area contributed by atoms with Crippen LogP contribution in [0.2, 0.25) is 5.02 Å². The Balaban J connectivity index is 1.33. The minimum absolute atomic E-state index is 0.0654. The summed E-state index contributed by atoms with van der Waals surface area (Å²) in [5, 5.41) is 12.9. The Morgan fingerprint density at radius 3 is 2.58 bits per heavy atom. The maximum atomic E-state index is 14.1. The topological polar surface area (TPSA) is 116 Å². The van der Waals surface area contributed by atoms with Crippen LogP contribution >= 0.6 is 11.6 Å². The third kappa shape index (κ3) is 5.07. The summed E-state index contributed by atoms with van der Waals surface area (Å²) in [6.07, 6.45) is 5.71. The number of halogens is 2. The molecule has 1 fully saturated rings. The highest BCUT2D eigenvalue weighted by Gasteiger charge is 2.24. The molecule has 3 heterocycles. The first-order chi connectivity index (χ1) is 14.8. The highest BCUT2D eigenvalue weighted by molar-refractivity contribution is 7.90. The van der Waals surface area contributed by atoms with Gasteiger partial charge in [0.15, 0.2) is 28.0 Å². The summed E-state index contributed by atoms with van der Waals surface area (Å²) in [7, 11) is -3.49. The fraction of sp³-hybridized carbons (Fsp3) is 0.389. The zero-order valence-corrected chi connectivity index (χ0v) is 18.1. The average Bonchev–Trinajstić information content (AvgIpc) is 3.22. The molecule has 1 aromatic carbocycles. The lowest BCUT2D eigenvalue weighted by molar-refractivity contribution is 0.277. The highest BCUT2D eigenvalue weighted by Crippen LogP contribution is 2.24. The van der Waals surface area contributed by atoms with Crippen LogP contribution in [0.3, 0.4) is 0 Å². The normalized spacial score (nSPS) is 15.3. The molecule has 0 spiro atoms. The van der Waals surface area contributed by atoms with Gasteiger partial charge in [-0.3, -0.25) is 0 Å². The van der Waals surface area contributed by atoms with Gasteiger partial charge in [0.2, 0.25) is 11.8 Å². The van der Waals surface area contributed by atoms with Gasteiger partial charge >= 0.3 is 0 Å². The van der Waals surface area contributed by atoms with Crippen molar-refractivity contribution in [1.29, 1.82) is 0 Å². The van der Waals surface area contributed by atoms with E-state index in [4.69, 9.17) is 16.3 Å². The fourth-order valence-electron chi connectivity index (χ4n) is 3.21. The van der Waals surface area contributed by atoms with Crippen LogP contribution in [0, 0.1) is 5.82 Å². The second kappa shape index (κ2) is 8.71.